The zero-order valence-electron chi connectivity index (χ0n) is 29.4. The molecule has 0 radical (unpaired) electrons. The van der Waals surface area contributed by atoms with Crippen LogP contribution in [0.4, 0.5) is 5.69 Å². The summed E-state index contributed by atoms with van der Waals surface area (Å²) in [5.74, 6) is -0.693. The number of carboxylic acid groups (broad SMARTS) is 1. The van der Waals surface area contributed by atoms with E-state index >= 15 is 0 Å². The van der Waals surface area contributed by atoms with E-state index in [4.69, 9.17) is 14.2 Å². The minimum atomic E-state index is -3.99. The molecular weight excluding hydrogens is 662 g/mol. The van der Waals surface area contributed by atoms with Crippen LogP contribution in [-0.2, 0) is 21.3 Å². The summed E-state index contributed by atoms with van der Waals surface area (Å²) in [6.07, 6.45) is 1.87. The molecular formula is C37H49N3O9S. The maximum Gasteiger partial charge on any atom is 0.335 e. The molecule has 0 saturated heterocycles. The van der Waals surface area contributed by atoms with E-state index in [2.05, 4.69) is 9.62 Å². The fourth-order valence-electron chi connectivity index (χ4n) is 5.85. The highest BCUT2D eigenvalue weighted by atomic mass is 32.2. The number of carboxylic acids is 1. The van der Waals surface area contributed by atoms with Crippen molar-refractivity contribution in [2.24, 2.45) is 5.92 Å². The Kier molecular flexibility index (Phi) is 13.6. The summed E-state index contributed by atoms with van der Waals surface area (Å²) in [6.45, 7) is 7.31. The average molecular weight is 712 g/mol. The van der Waals surface area contributed by atoms with E-state index < -0.39 is 27.9 Å². The number of rotatable bonds is 11. The first-order valence-electron chi connectivity index (χ1n) is 16.8. The first-order valence-corrected chi connectivity index (χ1v) is 18.3. The average Bonchev–Trinajstić information content (AvgIpc) is 3.09. The highest BCUT2D eigenvalue weighted by Crippen LogP contribution is 2.30. The number of likely N-dealkylation sites (N-methyl/N-ethyl adjacent to an activating group) is 1. The summed E-state index contributed by atoms with van der Waals surface area (Å²) in [7, 11) is -0.527. The fraction of sp³-hybridized carbons (Fsp3) is 0.459. The number of aliphatic hydroxyl groups excluding tert-OH is 1. The van der Waals surface area contributed by atoms with Crippen LogP contribution in [0.5, 0.6) is 11.5 Å². The van der Waals surface area contributed by atoms with Gasteiger partial charge in [0.15, 0.2) is 0 Å². The number of aliphatic hydroxyl groups is 1. The maximum absolute atomic E-state index is 14.4. The van der Waals surface area contributed by atoms with Gasteiger partial charge < -0.3 is 29.3 Å². The Labute approximate surface area is 295 Å². The van der Waals surface area contributed by atoms with Crippen LogP contribution in [0, 0.1) is 5.92 Å². The number of anilines is 1. The molecule has 4 atom stereocenters. The number of amides is 1. The van der Waals surface area contributed by atoms with E-state index in [0.717, 1.165) is 18.4 Å². The molecule has 0 fully saturated rings. The van der Waals surface area contributed by atoms with Gasteiger partial charge in [0.05, 0.1) is 48.0 Å². The Balaban J connectivity index is 1.61. The van der Waals surface area contributed by atoms with Crippen molar-refractivity contribution in [1.82, 2.24) is 9.80 Å². The molecule has 1 aliphatic heterocycles. The van der Waals surface area contributed by atoms with Gasteiger partial charge in [-0.05, 0) is 100 Å². The van der Waals surface area contributed by atoms with Crippen LogP contribution in [0.1, 0.15) is 66.3 Å². The van der Waals surface area contributed by atoms with Gasteiger partial charge in [-0.3, -0.25) is 14.4 Å². The topological polar surface area (TPSA) is 155 Å². The molecule has 1 heterocycles. The van der Waals surface area contributed by atoms with Crippen LogP contribution < -0.4 is 14.2 Å². The number of hydrogen-bond acceptors (Lipinski definition) is 9. The molecule has 3 N–H and O–H groups in total. The van der Waals surface area contributed by atoms with Crippen LogP contribution in [0.15, 0.2) is 71.6 Å². The maximum atomic E-state index is 14.4. The lowest BCUT2D eigenvalue weighted by Gasteiger charge is -2.36. The molecule has 272 valence electrons. The van der Waals surface area contributed by atoms with Gasteiger partial charge in [-0.2, -0.15) is 0 Å². The fourth-order valence-corrected chi connectivity index (χ4v) is 6.90. The summed E-state index contributed by atoms with van der Waals surface area (Å²) >= 11 is 0. The summed E-state index contributed by atoms with van der Waals surface area (Å²) in [5, 5.41) is 19.5. The standard InChI is InChI=1S/C37H49N3O9S/c1-25-21-40(26(2)24-41)36(42)33-20-30(38-50(45,46)32-16-14-31(47-5)15-17-32)13-18-34(33)49-27(3)8-6-7-19-48-35(25)23-39(4)22-28-9-11-29(12-10-28)37(43)44/h9-18,20,25-27,35,38,41H,6-8,19,21-24H2,1-5H3,(H,43,44)/t25-,26-,27-,35+/m1/s1. The van der Waals surface area contributed by atoms with E-state index in [1.165, 1.54) is 25.3 Å². The molecule has 0 spiro atoms. The Morgan fingerprint density at radius 2 is 1.78 bits per heavy atom. The van der Waals surface area contributed by atoms with E-state index in [1.807, 2.05) is 20.9 Å². The lowest BCUT2D eigenvalue weighted by atomic mass is 10.0. The lowest BCUT2D eigenvalue weighted by Crippen LogP contribution is -2.47. The number of nitrogens with one attached hydrogen (secondary N) is 1. The van der Waals surface area contributed by atoms with Gasteiger partial charge in [0.2, 0.25) is 0 Å². The third-order valence-corrected chi connectivity index (χ3v) is 10.2. The predicted molar refractivity (Wildman–Crippen MR) is 190 cm³/mol. The number of ether oxygens (including phenoxy) is 3. The third kappa shape index (κ3) is 10.4. The predicted octanol–water partition coefficient (Wildman–Crippen LogP) is 5.12. The summed E-state index contributed by atoms with van der Waals surface area (Å²) in [5.41, 5.74) is 1.55. The van der Waals surface area contributed by atoms with Crippen molar-refractivity contribution >= 4 is 27.6 Å². The number of hydrogen-bond donors (Lipinski definition) is 3. The summed E-state index contributed by atoms with van der Waals surface area (Å²) < 4.78 is 47.0. The van der Waals surface area contributed by atoms with E-state index in [0.29, 0.717) is 37.6 Å². The molecule has 4 rings (SSSR count). The highest BCUT2D eigenvalue weighted by molar-refractivity contribution is 7.92. The number of benzene rings is 3. The number of nitrogens with zero attached hydrogens (tertiary/aromatic N) is 2. The van der Waals surface area contributed by atoms with Gasteiger partial charge >= 0.3 is 5.97 Å². The number of methoxy groups -OCH3 is 1. The normalized spacial score (nSPS) is 19.9. The van der Waals surface area contributed by atoms with E-state index in [-0.39, 0.29) is 53.0 Å². The smallest absolute Gasteiger partial charge is 0.335 e. The van der Waals surface area contributed by atoms with Crippen molar-refractivity contribution in [2.45, 2.75) is 69.7 Å². The largest absolute Gasteiger partial charge is 0.497 e. The van der Waals surface area contributed by atoms with Crippen LogP contribution in [-0.4, -0.2) is 99.0 Å². The second-order valence-corrected chi connectivity index (χ2v) is 14.7. The van der Waals surface area contributed by atoms with Crippen molar-refractivity contribution in [1.29, 1.82) is 0 Å². The zero-order valence-corrected chi connectivity index (χ0v) is 30.2. The summed E-state index contributed by atoms with van der Waals surface area (Å²) in [4.78, 5) is 29.4. The van der Waals surface area contributed by atoms with Crippen LogP contribution in [0.2, 0.25) is 0 Å². The van der Waals surface area contributed by atoms with Crippen LogP contribution >= 0.6 is 0 Å². The van der Waals surface area contributed by atoms with Gasteiger partial charge in [-0.15, -0.1) is 0 Å². The number of carbonyl (C=O) groups is 2. The molecule has 12 nitrogen and oxygen atoms in total. The molecule has 3 aromatic rings. The monoisotopic (exact) mass is 711 g/mol. The second kappa shape index (κ2) is 17.7. The number of aromatic carboxylic acids is 1. The minimum absolute atomic E-state index is 0.0345. The molecule has 0 bridgehead atoms. The van der Waals surface area contributed by atoms with Crippen LogP contribution in [0.3, 0.4) is 0 Å². The minimum Gasteiger partial charge on any atom is -0.497 e. The Hall–Kier alpha value is -4.17. The first kappa shape index (κ1) is 38.6. The van der Waals surface area contributed by atoms with Crippen LogP contribution in [0.25, 0.3) is 0 Å². The lowest BCUT2D eigenvalue weighted by molar-refractivity contribution is -0.0177. The van der Waals surface area contributed by atoms with Crippen molar-refractivity contribution in [3.63, 3.8) is 0 Å². The Morgan fingerprint density at radius 3 is 2.42 bits per heavy atom. The molecule has 0 aliphatic carbocycles. The molecule has 0 aromatic heterocycles. The molecule has 1 amide bonds. The number of carbonyl (C=O) groups excluding carboxylic acids is 1. The Bertz CT molecular complexity index is 1680. The van der Waals surface area contributed by atoms with Crippen molar-refractivity contribution in [3.05, 3.63) is 83.4 Å². The molecule has 1 aliphatic rings. The van der Waals surface area contributed by atoms with Crippen molar-refractivity contribution < 1.29 is 42.4 Å². The number of sulfonamides is 1. The summed E-state index contributed by atoms with van der Waals surface area (Å²) in [6, 6.07) is 16.9. The zero-order chi connectivity index (χ0) is 36.4. The molecule has 3 aromatic carbocycles. The van der Waals surface area contributed by atoms with Gasteiger partial charge in [-0.25, -0.2) is 13.2 Å². The van der Waals surface area contributed by atoms with Crippen molar-refractivity contribution in [3.8, 4) is 11.5 Å². The highest BCUT2D eigenvalue weighted by Gasteiger charge is 2.31. The molecule has 50 heavy (non-hydrogen) atoms. The quantitative estimate of drug-likeness (QED) is 0.244. The SMILES string of the molecule is COc1ccc(S(=O)(=O)Nc2ccc3c(c2)C(=O)N([C@H](C)CO)C[C@@H](C)[C@H](CN(C)Cc2ccc(C(=O)O)cc2)OCCCC[C@@H](C)O3)cc1. The first-order chi connectivity index (χ1) is 23.8. The Morgan fingerprint density at radius 1 is 1.08 bits per heavy atom. The molecule has 0 saturated carbocycles. The van der Waals surface area contributed by atoms with Crippen molar-refractivity contribution in [2.75, 3.05) is 45.2 Å². The van der Waals surface area contributed by atoms with E-state index in [1.54, 1.807) is 60.4 Å². The van der Waals surface area contributed by atoms with Gasteiger partial charge in [-0.1, -0.05) is 19.1 Å². The second-order valence-electron chi connectivity index (χ2n) is 13.0. The molecule has 0 unspecified atom stereocenters. The third-order valence-electron chi connectivity index (χ3n) is 8.82. The van der Waals surface area contributed by atoms with Gasteiger partial charge in [0.25, 0.3) is 15.9 Å². The molecule has 13 heteroatoms. The number of fused-ring (bicyclic) bond motifs is 1. The van der Waals surface area contributed by atoms with E-state index in [9.17, 15) is 28.2 Å². The van der Waals surface area contributed by atoms with Gasteiger partial charge in [0, 0.05) is 37.8 Å². The van der Waals surface area contributed by atoms with Gasteiger partial charge in [0.1, 0.15) is 11.5 Å².